The predicted molar refractivity (Wildman–Crippen MR) is 128 cm³/mol. The zero-order valence-corrected chi connectivity index (χ0v) is 19.6. The molecule has 35 heavy (non-hydrogen) atoms. The Bertz CT molecular complexity index is 1230. The number of nitrogens with one attached hydrogen (secondary N) is 1. The van der Waals surface area contributed by atoms with Crippen molar-refractivity contribution in [2.45, 2.75) is 12.0 Å². The number of carbonyl (C=O) groups is 1. The van der Waals surface area contributed by atoms with Gasteiger partial charge in [-0.25, -0.2) is 0 Å². The number of para-hydroxylation sites is 1. The Morgan fingerprint density at radius 1 is 0.886 bits per heavy atom. The Morgan fingerprint density at radius 2 is 1.51 bits per heavy atom. The zero-order valence-electron chi connectivity index (χ0n) is 19.6. The topological polar surface area (TPSA) is 106 Å². The van der Waals surface area contributed by atoms with E-state index in [4.69, 9.17) is 18.9 Å². The summed E-state index contributed by atoms with van der Waals surface area (Å²) in [6.07, 6.45) is 0. The number of phenols is 2. The van der Waals surface area contributed by atoms with Crippen LogP contribution in [0.3, 0.4) is 0 Å². The summed E-state index contributed by atoms with van der Waals surface area (Å²) in [5.41, 5.74) is 3.11. The molecular weight excluding hydrogens is 450 g/mol. The molecule has 0 bridgehead atoms. The van der Waals surface area contributed by atoms with E-state index in [9.17, 15) is 15.0 Å². The number of ether oxygens (including phenoxy) is 4. The third kappa shape index (κ3) is 3.75. The van der Waals surface area contributed by atoms with Gasteiger partial charge in [-0.2, -0.15) is 0 Å². The number of benzene rings is 3. The van der Waals surface area contributed by atoms with E-state index < -0.39 is 11.8 Å². The Hall–Kier alpha value is -4.07. The maximum atomic E-state index is 13.1. The van der Waals surface area contributed by atoms with Crippen LogP contribution in [0.5, 0.6) is 28.7 Å². The second-order valence-corrected chi connectivity index (χ2v) is 8.71. The van der Waals surface area contributed by atoms with Crippen LogP contribution in [-0.2, 0) is 9.53 Å². The number of esters is 1. The fourth-order valence-electron chi connectivity index (χ4n) is 5.38. The normalized spacial score (nSPS) is 22.5. The number of methoxy groups -OCH3 is 3. The highest BCUT2D eigenvalue weighted by Gasteiger charge is 2.52. The number of phenolic OH excluding ortho intramolecular Hbond substituents is 2. The molecule has 0 unspecified atom stereocenters. The molecule has 1 aliphatic heterocycles. The summed E-state index contributed by atoms with van der Waals surface area (Å²) in [6.45, 7) is 0.232. The SMILES string of the molecule is COc1cc([C@@H]2c3cc(O)c(O)cc3[C@@H](Nc3ccccc3)[C@H]3COC(=O)[C@H]23)cc(OC)c1OC. The molecule has 3 aromatic rings. The van der Waals surface area contributed by atoms with Crippen molar-refractivity contribution in [1.29, 1.82) is 0 Å². The molecule has 3 aromatic carbocycles. The second kappa shape index (κ2) is 8.94. The van der Waals surface area contributed by atoms with Gasteiger partial charge >= 0.3 is 5.97 Å². The molecule has 2 aliphatic rings. The third-order valence-electron chi connectivity index (χ3n) is 6.93. The molecule has 5 rings (SSSR count). The molecule has 3 N–H and O–H groups in total. The fraction of sp³-hybridized carbons (Fsp3) is 0.296. The summed E-state index contributed by atoms with van der Waals surface area (Å²) >= 11 is 0. The van der Waals surface area contributed by atoms with Gasteiger partial charge in [0.05, 0.1) is 39.9 Å². The molecule has 0 spiro atoms. The summed E-state index contributed by atoms with van der Waals surface area (Å²) < 4.78 is 22.2. The molecule has 1 fully saturated rings. The van der Waals surface area contributed by atoms with Crippen molar-refractivity contribution in [2.75, 3.05) is 33.3 Å². The fourth-order valence-corrected chi connectivity index (χ4v) is 5.38. The standard InChI is InChI=1S/C27H27NO7/c1-32-21-9-14(10-22(33-2)26(21)34-3)23-16-11-19(29)20(30)12-17(16)25(18-13-35-27(31)24(18)23)28-15-7-5-4-6-8-15/h4-12,18,23-25,28-30H,13H2,1-3H3/t18-,23+,24-,25+/m0/s1. The lowest BCUT2D eigenvalue weighted by Crippen LogP contribution is -2.37. The van der Waals surface area contributed by atoms with Crippen LogP contribution in [0.2, 0.25) is 0 Å². The Kier molecular flexibility index (Phi) is 5.80. The van der Waals surface area contributed by atoms with Gasteiger partial charge < -0.3 is 34.5 Å². The van der Waals surface area contributed by atoms with E-state index in [1.807, 2.05) is 42.5 Å². The lowest BCUT2D eigenvalue weighted by Gasteiger charge is -2.40. The second-order valence-electron chi connectivity index (χ2n) is 8.71. The molecule has 0 saturated carbocycles. The van der Waals surface area contributed by atoms with Crippen molar-refractivity contribution in [3.05, 3.63) is 71.3 Å². The van der Waals surface area contributed by atoms with Gasteiger partial charge in [0.15, 0.2) is 23.0 Å². The third-order valence-corrected chi connectivity index (χ3v) is 6.93. The first-order valence-corrected chi connectivity index (χ1v) is 11.3. The van der Waals surface area contributed by atoms with E-state index in [0.717, 1.165) is 16.8 Å². The van der Waals surface area contributed by atoms with Crippen molar-refractivity contribution >= 4 is 11.7 Å². The van der Waals surface area contributed by atoms with Crippen LogP contribution < -0.4 is 19.5 Å². The largest absolute Gasteiger partial charge is 0.504 e. The van der Waals surface area contributed by atoms with Crippen molar-refractivity contribution in [1.82, 2.24) is 0 Å². The number of cyclic esters (lactones) is 1. The number of aromatic hydroxyl groups is 2. The van der Waals surface area contributed by atoms with Gasteiger partial charge in [-0.3, -0.25) is 4.79 Å². The van der Waals surface area contributed by atoms with Crippen molar-refractivity contribution in [3.8, 4) is 28.7 Å². The molecule has 1 heterocycles. The lowest BCUT2D eigenvalue weighted by molar-refractivity contribution is -0.141. The molecule has 8 heteroatoms. The molecule has 0 radical (unpaired) electrons. The first-order valence-electron chi connectivity index (χ1n) is 11.3. The first kappa shape index (κ1) is 22.7. The molecule has 0 amide bonds. The molecule has 8 nitrogen and oxygen atoms in total. The summed E-state index contributed by atoms with van der Waals surface area (Å²) in [5, 5.41) is 24.4. The van der Waals surface area contributed by atoms with E-state index in [1.165, 1.54) is 27.4 Å². The van der Waals surface area contributed by atoms with Gasteiger partial charge in [-0.15, -0.1) is 0 Å². The van der Waals surface area contributed by atoms with Gasteiger partial charge in [0.25, 0.3) is 0 Å². The number of carbonyl (C=O) groups excluding carboxylic acids is 1. The predicted octanol–water partition coefficient (Wildman–Crippen LogP) is 4.21. The Balaban J connectivity index is 1.72. The van der Waals surface area contributed by atoms with Gasteiger partial charge in [-0.05, 0) is 53.1 Å². The van der Waals surface area contributed by atoms with E-state index in [1.54, 1.807) is 6.07 Å². The monoisotopic (exact) mass is 477 g/mol. The van der Waals surface area contributed by atoms with E-state index in [0.29, 0.717) is 22.8 Å². The Morgan fingerprint density at radius 3 is 2.11 bits per heavy atom. The summed E-state index contributed by atoms with van der Waals surface area (Å²) in [7, 11) is 4.60. The smallest absolute Gasteiger partial charge is 0.310 e. The lowest BCUT2D eigenvalue weighted by atomic mass is 9.65. The minimum Gasteiger partial charge on any atom is -0.504 e. The number of hydrogen-bond acceptors (Lipinski definition) is 8. The van der Waals surface area contributed by atoms with Crippen molar-refractivity contribution in [3.63, 3.8) is 0 Å². The van der Waals surface area contributed by atoms with E-state index in [-0.39, 0.29) is 36.0 Å². The summed E-state index contributed by atoms with van der Waals surface area (Å²) in [6, 6.07) is 16.1. The highest BCUT2D eigenvalue weighted by atomic mass is 16.5. The number of rotatable bonds is 6. The van der Waals surface area contributed by atoms with Crippen LogP contribution in [0.15, 0.2) is 54.6 Å². The zero-order chi connectivity index (χ0) is 24.7. The molecule has 1 saturated heterocycles. The van der Waals surface area contributed by atoms with Crippen LogP contribution >= 0.6 is 0 Å². The number of fused-ring (bicyclic) bond motifs is 2. The average Bonchev–Trinajstić information content (AvgIpc) is 3.25. The molecule has 182 valence electrons. The van der Waals surface area contributed by atoms with Gasteiger partial charge in [-0.1, -0.05) is 18.2 Å². The van der Waals surface area contributed by atoms with E-state index >= 15 is 0 Å². The maximum Gasteiger partial charge on any atom is 0.310 e. The quantitative estimate of drug-likeness (QED) is 0.358. The van der Waals surface area contributed by atoms with Crippen LogP contribution in [0.1, 0.15) is 28.7 Å². The highest BCUT2D eigenvalue weighted by molar-refractivity contribution is 5.79. The van der Waals surface area contributed by atoms with E-state index in [2.05, 4.69) is 5.32 Å². The number of anilines is 1. The summed E-state index contributed by atoms with van der Waals surface area (Å²) in [4.78, 5) is 13.1. The van der Waals surface area contributed by atoms with Crippen molar-refractivity contribution < 1.29 is 34.0 Å². The molecule has 1 aliphatic carbocycles. The molecule has 4 atom stereocenters. The van der Waals surface area contributed by atoms with Gasteiger partial charge in [0.2, 0.25) is 5.75 Å². The first-order chi connectivity index (χ1) is 17.0. The molecular formula is C27H27NO7. The Labute approximate surface area is 203 Å². The summed E-state index contributed by atoms with van der Waals surface area (Å²) in [5.74, 6) is -0.667. The van der Waals surface area contributed by atoms with Crippen molar-refractivity contribution in [2.24, 2.45) is 11.8 Å². The van der Waals surface area contributed by atoms with Gasteiger partial charge in [0, 0.05) is 17.5 Å². The number of hydrogen-bond donors (Lipinski definition) is 3. The van der Waals surface area contributed by atoms with Gasteiger partial charge in [0.1, 0.15) is 0 Å². The average molecular weight is 478 g/mol. The maximum absolute atomic E-state index is 13.1. The minimum absolute atomic E-state index is 0.219. The minimum atomic E-state index is -0.532. The van der Waals surface area contributed by atoms with Crippen LogP contribution in [0, 0.1) is 11.8 Å². The van der Waals surface area contributed by atoms with Crippen LogP contribution in [-0.4, -0.2) is 44.1 Å². The van der Waals surface area contributed by atoms with Crippen LogP contribution in [0.4, 0.5) is 5.69 Å². The van der Waals surface area contributed by atoms with Crippen LogP contribution in [0.25, 0.3) is 0 Å². The molecule has 0 aromatic heterocycles. The highest BCUT2D eigenvalue weighted by Crippen LogP contribution is 2.55.